The quantitative estimate of drug-likeness (QED) is 0.750. The summed E-state index contributed by atoms with van der Waals surface area (Å²) in [6.45, 7) is 1.24. The molecule has 0 spiro atoms. The molecule has 1 aliphatic heterocycles. The number of halogens is 2. The van der Waals surface area contributed by atoms with Crippen LogP contribution in [0.5, 0.6) is 5.75 Å². The molecule has 0 N–H and O–H groups in total. The van der Waals surface area contributed by atoms with E-state index < -0.39 is 11.6 Å². The van der Waals surface area contributed by atoms with Crippen molar-refractivity contribution in [2.75, 3.05) is 13.2 Å². The van der Waals surface area contributed by atoms with E-state index in [0.717, 1.165) is 25.0 Å². The normalized spacial score (nSPS) is 17.7. The highest BCUT2D eigenvalue weighted by atomic mass is 19.1. The Kier molecular flexibility index (Phi) is 3.16. The lowest BCUT2D eigenvalue weighted by atomic mass is 10.1. The van der Waals surface area contributed by atoms with Crippen LogP contribution < -0.4 is 4.74 Å². The zero-order valence-electron chi connectivity index (χ0n) is 8.13. The van der Waals surface area contributed by atoms with E-state index in [4.69, 9.17) is 9.47 Å². The van der Waals surface area contributed by atoms with Crippen LogP contribution in [-0.2, 0) is 4.74 Å². The Morgan fingerprint density at radius 2 is 2.07 bits per heavy atom. The van der Waals surface area contributed by atoms with Crippen LogP contribution in [0.25, 0.3) is 0 Å². The van der Waals surface area contributed by atoms with E-state index in [1.54, 1.807) is 0 Å². The van der Waals surface area contributed by atoms with E-state index in [0.29, 0.717) is 13.2 Å². The van der Waals surface area contributed by atoms with Crippen molar-refractivity contribution in [3.05, 3.63) is 29.8 Å². The Balaban J connectivity index is 2.03. The molecule has 0 atom stereocenters. The topological polar surface area (TPSA) is 18.5 Å². The Labute approximate surface area is 86.8 Å². The molecule has 15 heavy (non-hydrogen) atoms. The number of ether oxygens (including phenoxy) is 2. The van der Waals surface area contributed by atoms with Crippen molar-refractivity contribution < 1.29 is 18.3 Å². The summed E-state index contributed by atoms with van der Waals surface area (Å²) in [7, 11) is 0. The molecule has 4 heteroatoms. The first kappa shape index (κ1) is 10.4. The Morgan fingerprint density at radius 1 is 1.33 bits per heavy atom. The molecule has 2 rings (SSSR count). The summed E-state index contributed by atoms with van der Waals surface area (Å²) in [6.07, 6.45) is 1.39. The van der Waals surface area contributed by atoms with Gasteiger partial charge in [0.1, 0.15) is 11.9 Å². The van der Waals surface area contributed by atoms with Crippen molar-refractivity contribution in [2.45, 2.75) is 18.9 Å². The van der Waals surface area contributed by atoms with Gasteiger partial charge in [-0.05, 0) is 6.07 Å². The third kappa shape index (κ3) is 2.65. The first-order chi connectivity index (χ1) is 7.25. The summed E-state index contributed by atoms with van der Waals surface area (Å²) >= 11 is 0. The lowest BCUT2D eigenvalue weighted by Crippen LogP contribution is -2.26. The van der Waals surface area contributed by atoms with E-state index in [-0.39, 0.29) is 11.9 Å². The standard InChI is InChI=1S/C11H11F2O2/c12-8-1-2-11(10(13)7-8)15-9-3-5-14-6-4-9/h1,7,9H,3-6H2. The van der Waals surface area contributed by atoms with Crippen LogP contribution >= 0.6 is 0 Å². The average molecular weight is 213 g/mol. The van der Waals surface area contributed by atoms with Crippen molar-refractivity contribution in [3.63, 3.8) is 0 Å². The van der Waals surface area contributed by atoms with Gasteiger partial charge in [0, 0.05) is 25.0 Å². The minimum atomic E-state index is -0.707. The summed E-state index contributed by atoms with van der Waals surface area (Å²) in [5, 5.41) is 0. The monoisotopic (exact) mass is 213 g/mol. The van der Waals surface area contributed by atoms with Crippen molar-refractivity contribution in [3.8, 4) is 5.75 Å². The maximum atomic E-state index is 13.2. The van der Waals surface area contributed by atoms with Gasteiger partial charge >= 0.3 is 0 Å². The summed E-state index contributed by atoms with van der Waals surface area (Å²) in [5.74, 6) is -1.36. The Hall–Kier alpha value is -1.16. The molecule has 1 saturated heterocycles. The molecule has 0 aliphatic carbocycles. The first-order valence-corrected chi connectivity index (χ1v) is 4.87. The molecule has 2 nitrogen and oxygen atoms in total. The van der Waals surface area contributed by atoms with Crippen LogP contribution in [-0.4, -0.2) is 19.3 Å². The third-order valence-electron chi connectivity index (χ3n) is 2.28. The van der Waals surface area contributed by atoms with Crippen molar-refractivity contribution in [2.24, 2.45) is 0 Å². The van der Waals surface area contributed by atoms with Gasteiger partial charge in [-0.1, -0.05) is 0 Å². The van der Waals surface area contributed by atoms with E-state index in [1.807, 2.05) is 0 Å². The van der Waals surface area contributed by atoms with Crippen LogP contribution in [0.15, 0.2) is 12.1 Å². The third-order valence-corrected chi connectivity index (χ3v) is 2.28. The average Bonchev–Trinajstić information content (AvgIpc) is 2.24. The molecule has 1 aromatic carbocycles. The van der Waals surface area contributed by atoms with Crippen LogP contribution in [0.4, 0.5) is 8.78 Å². The lowest BCUT2D eigenvalue weighted by molar-refractivity contribution is 0.0238. The summed E-state index contributed by atoms with van der Waals surface area (Å²) in [5.41, 5.74) is 0. The van der Waals surface area contributed by atoms with E-state index in [1.165, 1.54) is 0 Å². The van der Waals surface area contributed by atoms with Crippen molar-refractivity contribution in [1.29, 1.82) is 0 Å². The van der Waals surface area contributed by atoms with Gasteiger partial charge in [-0.25, -0.2) is 8.78 Å². The number of rotatable bonds is 2. The predicted octanol–water partition coefficient (Wildman–Crippen LogP) is 2.32. The molecule has 0 saturated carbocycles. The summed E-state index contributed by atoms with van der Waals surface area (Å²) < 4.78 is 36.3. The van der Waals surface area contributed by atoms with Crippen molar-refractivity contribution in [1.82, 2.24) is 0 Å². The fourth-order valence-corrected chi connectivity index (χ4v) is 1.48. The zero-order valence-corrected chi connectivity index (χ0v) is 8.13. The summed E-state index contributed by atoms with van der Waals surface area (Å²) in [6, 6.07) is 4.30. The van der Waals surface area contributed by atoms with Gasteiger partial charge in [-0.15, -0.1) is 0 Å². The molecular weight excluding hydrogens is 202 g/mol. The minimum Gasteiger partial charge on any atom is -0.487 e. The molecule has 0 unspecified atom stereocenters. The molecule has 0 bridgehead atoms. The van der Waals surface area contributed by atoms with Crippen LogP contribution in [0, 0.1) is 17.7 Å². The van der Waals surface area contributed by atoms with Crippen LogP contribution in [0.2, 0.25) is 0 Å². The highest BCUT2D eigenvalue weighted by Gasteiger charge is 2.17. The van der Waals surface area contributed by atoms with Gasteiger partial charge in [0.2, 0.25) is 0 Å². The zero-order chi connectivity index (χ0) is 10.7. The van der Waals surface area contributed by atoms with E-state index in [2.05, 4.69) is 6.07 Å². The largest absolute Gasteiger partial charge is 0.487 e. The number of hydrogen-bond acceptors (Lipinski definition) is 2. The first-order valence-electron chi connectivity index (χ1n) is 4.87. The van der Waals surface area contributed by atoms with Gasteiger partial charge in [0.25, 0.3) is 0 Å². The van der Waals surface area contributed by atoms with Crippen LogP contribution in [0.3, 0.4) is 0 Å². The second-order valence-electron chi connectivity index (χ2n) is 3.42. The fraction of sp³-hybridized carbons (Fsp3) is 0.455. The minimum absolute atomic E-state index is 0.0108. The molecule has 81 valence electrons. The number of hydrogen-bond donors (Lipinski definition) is 0. The molecule has 1 aliphatic rings. The Bertz CT molecular complexity index is 335. The molecule has 1 heterocycles. The summed E-state index contributed by atoms with van der Waals surface area (Å²) in [4.78, 5) is 0. The predicted molar refractivity (Wildman–Crippen MR) is 49.7 cm³/mol. The molecule has 1 aromatic rings. The second kappa shape index (κ2) is 4.57. The highest BCUT2D eigenvalue weighted by molar-refractivity contribution is 5.23. The second-order valence-corrected chi connectivity index (χ2v) is 3.42. The fourth-order valence-electron chi connectivity index (χ4n) is 1.48. The molecule has 1 radical (unpaired) electrons. The molecule has 0 aromatic heterocycles. The van der Waals surface area contributed by atoms with Gasteiger partial charge in [-0.3, -0.25) is 0 Å². The highest BCUT2D eigenvalue weighted by Crippen LogP contribution is 2.21. The lowest BCUT2D eigenvalue weighted by Gasteiger charge is -2.23. The molecule has 1 fully saturated rings. The van der Waals surface area contributed by atoms with Gasteiger partial charge in [0.05, 0.1) is 13.2 Å². The van der Waals surface area contributed by atoms with E-state index in [9.17, 15) is 8.78 Å². The van der Waals surface area contributed by atoms with Gasteiger partial charge in [-0.2, -0.15) is 0 Å². The van der Waals surface area contributed by atoms with E-state index >= 15 is 0 Å². The van der Waals surface area contributed by atoms with Gasteiger partial charge in [0.15, 0.2) is 11.6 Å². The van der Waals surface area contributed by atoms with Gasteiger partial charge < -0.3 is 9.47 Å². The Morgan fingerprint density at radius 3 is 2.73 bits per heavy atom. The smallest absolute Gasteiger partial charge is 0.168 e. The maximum absolute atomic E-state index is 13.2. The molecule has 0 amide bonds. The van der Waals surface area contributed by atoms with Crippen LogP contribution in [0.1, 0.15) is 12.8 Å². The molecular formula is C11H11F2O2. The maximum Gasteiger partial charge on any atom is 0.168 e. The SMILES string of the molecule is Fc1c[c]c(OC2CCOCC2)c(F)c1. The van der Waals surface area contributed by atoms with Crippen molar-refractivity contribution >= 4 is 0 Å². The number of benzene rings is 1.